The van der Waals surface area contributed by atoms with Crippen molar-refractivity contribution in [1.29, 1.82) is 0 Å². The Balaban J connectivity index is 1.54. The van der Waals surface area contributed by atoms with Crippen LogP contribution < -0.4 is 25.2 Å². The van der Waals surface area contributed by atoms with Crippen LogP contribution in [-0.4, -0.2) is 53.9 Å². The topological polar surface area (TPSA) is 124 Å². The lowest BCUT2D eigenvalue weighted by Crippen LogP contribution is -2.24. The van der Waals surface area contributed by atoms with Crippen molar-refractivity contribution in [1.82, 2.24) is 15.0 Å². The zero-order chi connectivity index (χ0) is 26.4. The number of carbonyl (C=O) groups excluding carboxylic acids is 1. The zero-order valence-corrected chi connectivity index (χ0v) is 21.1. The normalized spacial score (nSPS) is 11.0. The molecule has 4 rings (SSSR count). The van der Waals surface area contributed by atoms with Crippen LogP contribution in [0.4, 0.5) is 0 Å². The Kier molecular flexibility index (Phi) is 7.94. The minimum absolute atomic E-state index is 0.0412. The first-order chi connectivity index (χ1) is 17.9. The van der Waals surface area contributed by atoms with Crippen LogP contribution in [0, 0.1) is 0 Å². The standard InChI is InChI=1S/C26H24N4O6S/c1-34-18-10-8-17(9-11-18)30-25(33)19-6-4-5-7-20(19)28-26(30)37-15-23(31)29-27-14-16-12-21(35-2)24(32)22(13-16)36-3/h4-14,32H,15H2,1-3H3,(H,29,31)/b27-14+. The lowest BCUT2D eigenvalue weighted by molar-refractivity contribution is -0.118. The highest BCUT2D eigenvalue weighted by molar-refractivity contribution is 7.99. The van der Waals surface area contributed by atoms with Crippen LogP contribution in [0.5, 0.6) is 23.0 Å². The third-order valence-corrected chi connectivity index (χ3v) is 6.25. The van der Waals surface area contributed by atoms with Crippen molar-refractivity contribution in [3.8, 4) is 28.7 Å². The van der Waals surface area contributed by atoms with Crippen molar-refractivity contribution < 1.29 is 24.1 Å². The second-order valence-corrected chi connectivity index (χ2v) is 8.55. The van der Waals surface area contributed by atoms with Gasteiger partial charge in [0, 0.05) is 5.56 Å². The number of rotatable bonds is 9. The molecule has 190 valence electrons. The van der Waals surface area contributed by atoms with Gasteiger partial charge in [0.2, 0.25) is 5.75 Å². The van der Waals surface area contributed by atoms with Crippen LogP contribution in [0.2, 0.25) is 0 Å². The molecule has 0 unspecified atom stereocenters. The summed E-state index contributed by atoms with van der Waals surface area (Å²) < 4.78 is 16.9. The highest BCUT2D eigenvalue weighted by Gasteiger charge is 2.15. The lowest BCUT2D eigenvalue weighted by Gasteiger charge is -2.13. The summed E-state index contributed by atoms with van der Waals surface area (Å²) in [4.78, 5) is 30.5. The van der Waals surface area contributed by atoms with E-state index in [9.17, 15) is 14.7 Å². The van der Waals surface area contributed by atoms with Gasteiger partial charge >= 0.3 is 0 Å². The number of ether oxygens (including phenoxy) is 3. The summed E-state index contributed by atoms with van der Waals surface area (Å²) >= 11 is 1.11. The summed E-state index contributed by atoms with van der Waals surface area (Å²) in [5.74, 6) is 0.501. The van der Waals surface area contributed by atoms with Crippen LogP contribution in [0.1, 0.15) is 5.56 Å². The molecule has 0 aliphatic carbocycles. The molecule has 0 saturated carbocycles. The Morgan fingerprint density at radius 1 is 1.05 bits per heavy atom. The number of nitrogens with one attached hydrogen (secondary N) is 1. The number of hydrogen-bond donors (Lipinski definition) is 2. The second kappa shape index (κ2) is 11.5. The summed E-state index contributed by atoms with van der Waals surface area (Å²) in [7, 11) is 4.40. The van der Waals surface area contributed by atoms with Gasteiger partial charge in [-0.3, -0.25) is 14.2 Å². The van der Waals surface area contributed by atoms with Gasteiger partial charge in [-0.2, -0.15) is 5.10 Å². The van der Waals surface area contributed by atoms with Crippen LogP contribution in [0.3, 0.4) is 0 Å². The number of thioether (sulfide) groups is 1. The van der Waals surface area contributed by atoms with E-state index in [1.165, 1.54) is 25.0 Å². The number of hydrogen-bond acceptors (Lipinski definition) is 9. The number of nitrogens with zero attached hydrogens (tertiary/aromatic N) is 3. The SMILES string of the molecule is COc1ccc(-n2c(SCC(=O)N/N=C/c3cc(OC)c(O)c(OC)c3)nc3ccccc3c2=O)cc1. The number of carbonyl (C=O) groups is 1. The van der Waals surface area contributed by atoms with E-state index < -0.39 is 5.91 Å². The molecule has 4 aromatic rings. The van der Waals surface area contributed by atoms with E-state index in [0.29, 0.717) is 33.1 Å². The molecular formula is C26H24N4O6S. The monoisotopic (exact) mass is 520 g/mol. The van der Waals surface area contributed by atoms with Gasteiger partial charge in [-0.15, -0.1) is 0 Å². The number of hydrazone groups is 1. The van der Waals surface area contributed by atoms with Gasteiger partial charge < -0.3 is 19.3 Å². The van der Waals surface area contributed by atoms with E-state index in [1.807, 2.05) is 0 Å². The largest absolute Gasteiger partial charge is 0.502 e. The number of aromatic hydroxyl groups is 1. The molecule has 1 heterocycles. The van der Waals surface area contributed by atoms with Crippen molar-refractivity contribution in [2.45, 2.75) is 5.16 Å². The number of fused-ring (bicyclic) bond motifs is 1. The van der Waals surface area contributed by atoms with E-state index >= 15 is 0 Å². The smallest absolute Gasteiger partial charge is 0.266 e. The molecule has 0 fully saturated rings. The van der Waals surface area contributed by atoms with Gasteiger partial charge in [-0.25, -0.2) is 10.4 Å². The van der Waals surface area contributed by atoms with Crippen molar-refractivity contribution in [3.63, 3.8) is 0 Å². The third kappa shape index (κ3) is 5.67. The van der Waals surface area contributed by atoms with Gasteiger partial charge in [0.05, 0.1) is 49.9 Å². The summed E-state index contributed by atoms with van der Waals surface area (Å²) in [6, 6.07) is 17.2. The van der Waals surface area contributed by atoms with Gasteiger partial charge in [0.1, 0.15) is 5.75 Å². The lowest BCUT2D eigenvalue weighted by atomic mass is 10.2. The fourth-order valence-corrected chi connectivity index (χ4v) is 4.30. The van der Waals surface area contributed by atoms with Crippen molar-refractivity contribution in [2.24, 2.45) is 5.10 Å². The third-order valence-electron chi connectivity index (χ3n) is 5.31. The molecule has 1 aromatic heterocycles. The van der Waals surface area contributed by atoms with Crippen LogP contribution in [0.15, 0.2) is 75.7 Å². The Hall–Kier alpha value is -4.51. The molecule has 3 aromatic carbocycles. The van der Waals surface area contributed by atoms with Crippen molar-refractivity contribution in [3.05, 3.63) is 76.6 Å². The van der Waals surface area contributed by atoms with E-state index in [0.717, 1.165) is 11.8 Å². The highest BCUT2D eigenvalue weighted by Crippen LogP contribution is 2.36. The number of phenolic OH excluding ortho intramolecular Hbond substituents is 1. The molecule has 0 bridgehead atoms. The average molecular weight is 521 g/mol. The molecule has 0 atom stereocenters. The van der Waals surface area contributed by atoms with E-state index in [2.05, 4.69) is 15.5 Å². The molecule has 0 spiro atoms. The molecule has 0 radical (unpaired) electrons. The van der Waals surface area contributed by atoms with Crippen molar-refractivity contribution in [2.75, 3.05) is 27.1 Å². The first-order valence-corrected chi connectivity index (χ1v) is 12.0. The molecular weight excluding hydrogens is 496 g/mol. The van der Waals surface area contributed by atoms with Gasteiger partial charge in [-0.1, -0.05) is 23.9 Å². The second-order valence-electron chi connectivity index (χ2n) is 7.61. The number of phenols is 1. The quantitative estimate of drug-likeness (QED) is 0.149. The summed E-state index contributed by atoms with van der Waals surface area (Å²) in [5, 5.41) is 14.8. The highest BCUT2D eigenvalue weighted by atomic mass is 32.2. The Morgan fingerprint density at radius 2 is 1.73 bits per heavy atom. The maximum atomic E-state index is 13.3. The maximum absolute atomic E-state index is 13.3. The minimum Gasteiger partial charge on any atom is -0.502 e. The van der Waals surface area contributed by atoms with Gasteiger partial charge in [0.25, 0.3) is 11.5 Å². The fraction of sp³-hybridized carbons (Fsp3) is 0.154. The predicted octanol–water partition coefficient (Wildman–Crippen LogP) is 3.36. The van der Waals surface area contributed by atoms with Crippen LogP contribution >= 0.6 is 11.8 Å². The van der Waals surface area contributed by atoms with E-state index in [1.54, 1.807) is 67.8 Å². The van der Waals surface area contributed by atoms with E-state index in [4.69, 9.17) is 14.2 Å². The van der Waals surface area contributed by atoms with Crippen LogP contribution in [0.25, 0.3) is 16.6 Å². The van der Waals surface area contributed by atoms with Gasteiger partial charge in [-0.05, 0) is 48.5 Å². The van der Waals surface area contributed by atoms with Crippen molar-refractivity contribution >= 4 is 34.8 Å². The molecule has 10 nitrogen and oxygen atoms in total. The summed E-state index contributed by atoms with van der Waals surface area (Å²) in [6.07, 6.45) is 1.40. The molecule has 37 heavy (non-hydrogen) atoms. The summed E-state index contributed by atoms with van der Waals surface area (Å²) in [6.45, 7) is 0. The predicted molar refractivity (Wildman–Crippen MR) is 142 cm³/mol. The number of para-hydroxylation sites is 1. The summed E-state index contributed by atoms with van der Waals surface area (Å²) in [5.41, 5.74) is 3.89. The molecule has 2 N–H and O–H groups in total. The maximum Gasteiger partial charge on any atom is 0.266 e. The fourth-order valence-electron chi connectivity index (χ4n) is 3.50. The first kappa shape index (κ1) is 25.6. The Labute approximate surface area is 216 Å². The van der Waals surface area contributed by atoms with Crippen LogP contribution in [-0.2, 0) is 4.79 Å². The molecule has 1 amide bonds. The molecule has 0 saturated heterocycles. The molecule has 11 heteroatoms. The molecule has 0 aliphatic heterocycles. The molecule has 0 aliphatic rings. The number of benzene rings is 3. The zero-order valence-electron chi connectivity index (χ0n) is 20.3. The number of amides is 1. The number of methoxy groups -OCH3 is 3. The van der Waals surface area contributed by atoms with E-state index in [-0.39, 0.29) is 28.6 Å². The Bertz CT molecular complexity index is 1490. The van der Waals surface area contributed by atoms with Gasteiger partial charge in [0.15, 0.2) is 16.7 Å². The Morgan fingerprint density at radius 3 is 2.38 bits per heavy atom. The first-order valence-electron chi connectivity index (χ1n) is 11.0. The minimum atomic E-state index is -0.400. The average Bonchev–Trinajstić information content (AvgIpc) is 2.92. The number of aromatic nitrogens is 2.